The third-order valence-corrected chi connectivity index (χ3v) is 7.13. The number of rotatable bonds is 11. The summed E-state index contributed by atoms with van der Waals surface area (Å²) in [6.07, 6.45) is 9.10. The number of aryl methyl sites for hydroxylation is 1. The first-order valence-electron chi connectivity index (χ1n) is 13.9. The number of nitrogens with zero attached hydrogens (tertiary/aromatic N) is 3. The fraction of sp³-hybridized carbons (Fsp3) is 0.303. The predicted octanol–water partition coefficient (Wildman–Crippen LogP) is 7.14. The molecule has 0 saturated heterocycles. The van der Waals surface area contributed by atoms with Gasteiger partial charge in [-0.05, 0) is 80.1 Å². The van der Waals surface area contributed by atoms with E-state index in [-0.39, 0.29) is 13.2 Å². The van der Waals surface area contributed by atoms with Gasteiger partial charge in [0.1, 0.15) is 0 Å². The number of thiophene rings is 1. The maximum absolute atomic E-state index is 12.7. The van der Waals surface area contributed by atoms with Crippen molar-refractivity contribution in [3.63, 3.8) is 0 Å². The molecule has 4 rings (SSSR count). The molecule has 0 saturated carbocycles. The number of hydrogen-bond acceptors (Lipinski definition) is 8. The number of carbonyl (C=O) groups is 2. The fourth-order valence-electron chi connectivity index (χ4n) is 4.20. The topological polar surface area (TPSA) is 91.3 Å². The molecule has 0 radical (unpaired) electrons. The first-order valence-corrected chi connectivity index (χ1v) is 14.8. The average molecular weight is 568 g/mol. The van der Waals surface area contributed by atoms with E-state index in [4.69, 9.17) is 14.5 Å². The van der Waals surface area contributed by atoms with Gasteiger partial charge >= 0.3 is 11.9 Å². The van der Waals surface area contributed by atoms with E-state index in [0.717, 1.165) is 16.9 Å². The van der Waals surface area contributed by atoms with Gasteiger partial charge in [0, 0.05) is 18.0 Å². The highest BCUT2D eigenvalue weighted by Crippen LogP contribution is 2.25. The zero-order valence-electron chi connectivity index (χ0n) is 23.6. The molecule has 4 aromatic heterocycles. The summed E-state index contributed by atoms with van der Waals surface area (Å²) in [7, 11) is 0. The Bertz CT molecular complexity index is 1570. The number of aromatic nitrogens is 3. The Labute approximate surface area is 245 Å². The van der Waals surface area contributed by atoms with Crippen molar-refractivity contribution in [1.82, 2.24) is 15.0 Å². The Morgan fingerprint density at radius 3 is 2.12 bits per heavy atom. The minimum Gasteiger partial charge on any atom is -0.462 e. The molecular formula is C33H33N3O4S. The summed E-state index contributed by atoms with van der Waals surface area (Å²) in [5, 5.41) is 2.09. The third kappa shape index (κ3) is 8.09. The van der Waals surface area contributed by atoms with Crippen LogP contribution in [-0.2, 0) is 15.9 Å². The van der Waals surface area contributed by atoms with E-state index >= 15 is 0 Å². The highest BCUT2D eigenvalue weighted by atomic mass is 32.1. The van der Waals surface area contributed by atoms with Crippen molar-refractivity contribution in [3.8, 4) is 34.6 Å². The van der Waals surface area contributed by atoms with Crippen LogP contribution in [0.3, 0.4) is 0 Å². The Kier molecular flexibility index (Phi) is 10.7. The lowest BCUT2D eigenvalue weighted by Crippen LogP contribution is -2.07. The van der Waals surface area contributed by atoms with Gasteiger partial charge < -0.3 is 9.47 Å². The summed E-state index contributed by atoms with van der Waals surface area (Å²) in [4.78, 5) is 39.7. The number of unbranched alkanes of at least 4 members (excludes halogenated alkanes) is 3. The van der Waals surface area contributed by atoms with Crippen molar-refractivity contribution >= 4 is 23.3 Å². The smallest absolute Gasteiger partial charge is 0.338 e. The Morgan fingerprint density at radius 2 is 1.41 bits per heavy atom. The van der Waals surface area contributed by atoms with Gasteiger partial charge in [-0.15, -0.1) is 11.3 Å². The zero-order valence-corrected chi connectivity index (χ0v) is 24.4. The van der Waals surface area contributed by atoms with E-state index in [1.807, 2.05) is 12.1 Å². The molecule has 0 atom stereocenters. The fourth-order valence-corrected chi connectivity index (χ4v) is 5.00. The second kappa shape index (κ2) is 14.9. The van der Waals surface area contributed by atoms with Gasteiger partial charge in [0.25, 0.3) is 0 Å². The summed E-state index contributed by atoms with van der Waals surface area (Å²) in [5.41, 5.74) is 4.56. The standard InChI is InChI=1S/C33H33N3O4S/c1-4-7-8-9-10-24-15-18-41-31(24)12-11-23-13-16-34-27(19-23)29-21-26(33(38)40-6-3)22-30(36-29)28-20-25(14-17-35-28)32(37)39-5-2/h13-22H,4-10H2,1-3H3. The van der Waals surface area contributed by atoms with Crippen molar-refractivity contribution < 1.29 is 19.1 Å². The molecular weight excluding hydrogens is 534 g/mol. The van der Waals surface area contributed by atoms with Gasteiger partial charge in [-0.2, -0.15) is 0 Å². The van der Waals surface area contributed by atoms with Crippen LogP contribution >= 0.6 is 11.3 Å². The molecule has 8 heteroatoms. The molecule has 210 valence electrons. The average Bonchev–Trinajstić information content (AvgIpc) is 3.45. The summed E-state index contributed by atoms with van der Waals surface area (Å²) in [5.74, 6) is 5.66. The quantitative estimate of drug-likeness (QED) is 0.108. The van der Waals surface area contributed by atoms with Crippen LogP contribution in [0.2, 0.25) is 0 Å². The van der Waals surface area contributed by atoms with Crippen LogP contribution in [0.25, 0.3) is 22.8 Å². The molecule has 0 aliphatic carbocycles. The molecule has 7 nitrogen and oxygen atoms in total. The zero-order chi connectivity index (χ0) is 29.0. The minimum absolute atomic E-state index is 0.231. The molecule has 4 heterocycles. The second-order valence-electron chi connectivity index (χ2n) is 9.26. The van der Waals surface area contributed by atoms with Crippen LogP contribution in [0.15, 0.2) is 60.2 Å². The van der Waals surface area contributed by atoms with E-state index in [2.05, 4.69) is 40.2 Å². The van der Waals surface area contributed by atoms with Gasteiger partial charge in [-0.3, -0.25) is 9.97 Å². The van der Waals surface area contributed by atoms with Crippen LogP contribution < -0.4 is 0 Å². The summed E-state index contributed by atoms with van der Waals surface area (Å²) in [6, 6.07) is 12.3. The van der Waals surface area contributed by atoms with Crippen LogP contribution in [0.5, 0.6) is 0 Å². The van der Waals surface area contributed by atoms with Gasteiger partial charge in [-0.25, -0.2) is 14.6 Å². The summed E-state index contributed by atoms with van der Waals surface area (Å²) in [6.45, 7) is 6.20. The number of hydrogen-bond donors (Lipinski definition) is 0. The lowest BCUT2D eigenvalue weighted by Gasteiger charge is -2.09. The van der Waals surface area contributed by atoms with E-state index < -0.39 is 11.9 Å². The molecule has 0 spiro atoms. The summed E-state index contributed by atoms with van der Waals surface area (Å²) < 4.78 is 10.4. The molecule has 0 bridgehead atoms. The van der Waals surface area contributed by atoms with Gasteiger partial charge in [-0.1, -0.05) is 38.0 Å². The highest BCUT2D eigenvalue weighted by Gasteiger charge is 2.16. The van der Waals surface area contributed by atoms with E-state index in [1.54, 1.807) is 55.6 Å². The lowest BCUT2D eigenvalue weighted by molar-refractivity contribution is 0.0516. The molecule has 0 aromatic carbocycles. The van der Waals surface area contributed by atoms with Crippen LogP contribution in [0.4, 0.5) is 0 Å². The summed E-state index contributed by atoms with van der Waals surface area (Å²) >= 11 is 1.66. The molecule has 0 N–H and O–H groups in total. The molecule has 0 unspecified atom stereocenters. The van der Waals surface area contributed by atoms with Crippen LogP contribution in [-0.4, -0.2) is 40.1 Å². The normalized spacial score (nSPS) is 10.5. The third-order valence-electron chi connectivity index (χ3n) is 6.26. The molecule has 4 aromatic rings. The van der Waals surface area contributed by atoms with Crippen molar-refractivity contribution in [2.24, 2.45) is 0 Å². The SMILES string of the molecule is CCCCCCc1ccsc1C#Cc1ccnc(-c2cc(C(=O)OCC)cc(-c3cc(C(=O)OCC)ccn3)n2)c1. The number of carbonyl (C=O) groups excluding carboxylic acids is 2. The molecule has 0 amide bonds. The number of esters is 2. The minimum atomic E-state index is -0.487. The van der Waals surface area contributed by atoms with Crippen molar-refractivity contribution in [2.75, 3.05) is 13.2 Å². The number of ether oxygens (including phenoxy) is 2. The van der Waals surface area contributed by atoms with Gasteiger partial charge in [0.2, 0.25) is 0 Å². The first kappa shape index (κ1) is 29.6. The first-order chi connectivity index (χ1) is 20.0. The Balaban J connectivity index is 1.67. The molecule has 0 aliphatic rings. The van der Waals surface area contributed by atoms with Crippen molar-refractivity contribution in [1.29, 1.82) is 0 Å². The monoisotopic (exact) mass is 567 g/mol. The maximum Gasteiger partial charge on any atom is 0.338 e. The van der Waals surface area contributed by atoms with Crippen LogP contribution in [0, 0.1) is 11.8 Å². The lowest BCUT2D eigenvalue weighted by atomic mass is 10.1. The maximum atomic E-state index is 12.7. The Morgan fingerprint density at radius 1 is 0.756 bits per heavy atom. The van der Waals surface area contributed by atoms with E-state index in [9.17, 15) is 9.59 Å². The Hall–Kier alpha value is -4.35. The van der Waals surface area contributed by atoms with E-state index in [0.29, 0.717) is 33.9 Å². The molecule has 0 aliphatic heterocycles. The van der Waals surface area contributed by atoms with Gasteiger partial charge in [0.05, 0.1) is 52.0 Å². The van der Waals surface area contributed by atoms with E-state index in [1.165, 1.54) is 37.4 Å². The van der Waals surface area contributed by atoms with Crippen LogP contribution in [0.1, 0.15) is 83.2 Å². The number of pyridine rings is 3. The predicted molar refractivity (Wildman–Crippen MR) is 161 cm³/mol. The molecule has 41 heavy (non-hydrogen) atoms. The second-order valence-corrected chi connectivity index (χ2v) is 10.2. The van der Waals surface area contributed by atoms with Crippen molar-refractivity contribution in [3.05, 3.63) is 87.4 Å². The highest BCUT2D eigenvalue weighted by molar-refractivity contribution is 7.10. The van der Waals surface area contributed by atoms with Gasteiger partial charge in [0.15, 0.2) is 0 Å². The molecule has 0 fully saturated rings. The largest absolute Gasteiger partial charge is 0.462 e. The van der Waals surface area contributed by atoms with Crippen molar-refractivity contribution in [2.45, 2.75) is 52.9 Å².